The second kappa shape index (κ2) is 5.27. The summed E-state index contributed by atoms with van der Waals surface area (Å²) in [5.74, 6) is 1.90. The van der Waals surface area contributed by atoms with E-state index in [1.165, 1.54) is 23.6 Å². The van der Waals surface area contributed by atoms with E-state index >= 15 is 0 Å². The number of anilines is 1. The summed E-state index contributed by atoms with van der Waals surface area (Å²) >= 11 is 3.61. The molecule has 1 fully saturated rings. The van der Waals surface area contributed by atoms with Gasteiger partial charge in [-0.3, -0.25) is 0 Å². The number of piperidine rings is 1. The van der Waals surface area contributed by atoms with E-state index in [0.717, 1.165) is 30.2 Å². The summed E-state index contributed by atoms with van der Waals surface area (Å²) in [6.45, 7) is 2.25. The summed E-state index contributed by atoms with van der Waals surface area (Å²) in [7, 11) is 0. The van der Waals surface area contributed by atoms with Crippen LogP contribution in [0.4, 0.5) is 5.82 Å². The minimum absolute atomic E-state index is 0.750. The van der Waals surface area contributed by atoms with Crippen LogP contribution in [0.15, 0.2) is 36.5 Å². The van der Waals surface area contributed by atoms with Gasteiger partial charge in [-0.25, -0.2) is 4.98 Å². The van der Waals surface area contributed by atoms with E-state index in [0.29, 0.717) is 0 Å². The first kappa shape index (κ1) is 12.0. The maximum absolute atomic E-state index is 4.61. The van der Waals surface area contributed by atoms with Crippen LogP contribution in [0.5, 0.6) is 0 Å². The molecule has 0 N–H and O–H groups in total. The Morgan fingerprint density at radius 3 is 3.06 bits per heavy atom. The van der Waals surface area contributed by atoms with Crippen molar-refractivity contribution in [3.63, 3.8) is 0 Å². The van der Waals surface area contributed by atoms with Crippen LogP contribution in [0.3, 0.4) is 0 Å². The van der Waals surface area contributed by atoms with Crippen molar-refractivity contribution >= 4 is 32.5 Å². The van der Waals surface area contributed by atoms with Crippen molar-refractivity contribution in [2.45, 2.75) is 12.8 Å². The van der Waals surface area contributed by atoms with E-state index in [1.807, 2.05) is 6.20 Å². The Morgan fingerprint density at radius 2 is 2.17 bits per heavy atom. The van der Waals surface area contributed by atoms with Gasteiger partial charge in [0.2, 0.25) is 0 Å². The van der Waals surface area contributed by atoms with E-state index in [4.69, 9.17) is 0 Å². The molecule has 2 heterocycles. The molecule has 1 aromatic heterocycles. The molecule has 2 aromatic rings. The highest BCUT2D eigenvalue weighted by Crippen LogP contribution is 2.28. The monoisotopic (exact) mass is 304 g/mol. The summed E-state index contributed by atoms with van der Waals surface area (Å²) in [6.07, 6.45) is 4.52. The molecule has 0 amide bonds. The van der Waals surface area contributed by atoms with Gasteiger partial charge in [-0.1, -0.05) is 40.2 Å². The quantitative estimate of drug-likeness (QED) is 0.784. The number of hydrogen-bond donors (Lipinski definition) is 0. The van der Waals surface area contributed by atoms with Gasteiger partial charge >= 0.3 is 0 Å². The predicted octanol–water partition coefficient (Wildman–Crippen LogP) is 3.85. The van der Waals surface area contributed by atoms with Crippen molar-refractivity contribution in [1.82, 2.24) is 4.98 Å². The lowest BCUT2D eigenvalue weighted by Crippen LogP contribution is -2.36. The van der Waals surface area contributed by atoms with E-state index in [9.17, 15) is 0 Å². The SMILES string of the molecule is BrCC1CCCN(c2nccc3ccccc23)C1. The smallest absolute Gasteiger partial charge is 0.136 e. The zero-order chi connectivity index (χ0) is 12.4. The number of alkyl halides is 1. The molecule has 0 saturated carbocycles. The first-order valence-corrected chi connectivity index (χ1v) is 7.65. The van der Waals surface area contributed by atoms with E-state index in [-0.39, 0.29) is 0 Å². The molecule has 2 nitrogen and oxygen atoms in total. The molecule has 1 aliphatic rings. The van der Waals surface area contributed by atoms with Crippen LogP contribution in [-0.4, -0.2) is 23.4 Å². The molecular formula is C15H17BrN2. The Kier molecular flexibility index (Phi) is 3.50. The number of aromatic nitrogens is 1. The maximum Gasteiger partial charge on any atom is 0.136 e. The number of benzene rings is 1. The van der Waals surface area contributed by atoms with Crippen LogP contribution in [0, 0.1) is 5.92 Å². The minimum Gasteiger partial charge on any atom is -0.356 e. The summed E-state index contributed by atoms with van der Waals surface area (Å²) in [6, 6.07) is 10.6. The number of halogens is 1. The molecule has 1 aromatic carbocycles. The first-order valence-electron chi connectivity index (χ1n) is 6.53. The number of pyridine rings is 1. The van der Waals surface area contributed by atoms with Crippen LogP contribution >= 0.6 is 15.9 Å². The fraction of sp³-hybridized carbons (Fsp3) is 0.400. The summed E-state index contributed by atoms with van der Waals surface area (Å²) in [4.78, 5) is 7.05. The van der Waals surface area contributed by atoms with Crippen molar-refractivity contribution in [2.75, 3.05) is 23.3 Å². The number of fused-ring (bicyclic) bond motifs is 1. The third kappa shape index (κ3) is 2.24. The van der Waals surface area contributed by atoms with Gasteiger partial charge in [0, 0.05) is 30.0 Å². The Labute approximate surface area is 116 Å². The molecule has 1 atom stereocenters. The van der Waals surface area contributed by atoms with Crippen LogP contribution < -0.4 is 4.90 Å². The summed E-state index contributed by atoms with van der Waals surface area (Å²) < 4.78 is 0. The lowest BCUT2D eigenvalue weighted by molar-refractivity contribution is 0.453. The highest BCUT2D eigenvalue weighted by molar-refractivity contribution is 9.09. The van der Waals surface area contributed by atoms with Crippen molar-refractivity contribution < 1.29 is 0 Å². The number of rotatable bonds is 2. The van der Waals surface area contributed by atoms with Crippen LogP contribution in [0.2, 0.25) is 0 Å². The highest BCUT2D eigenvalue weighted by atomic mass is 79.9. The fourth-order valence-electron chi connectivity index (χ4n) is 2.74. The molecule has 1 aliphatic heterocycles. The third-order valence-corrected chi connectivity index (χ3v) is 4.61. The molecule has 0 spiro atoms. The van der Waals surface area contributed by atoms with Crippen molar-refractivity contribution in [2.24, 2.45) is 5.92 Å². The molecule has 18 heavy (non-hydrogen) atoms. The second-order valence-electron chi connectivity index (χ2n) is 4.96. The highest BCUT2D eigenvalue weighted by Gasteiger charge is 2.21. The average molecular weight is 305 g/mol. The standard InChI is InChI=1S/C15H17BrN2/c16-10-12-4-3-9-18(11-12)15-14-6-2-1-5-13(14)7-8-17-15/h1-2,5-8,12H,3-4,9-11H2. The van der Waals surface area contributed by atoms with Gasteiger partial charge < -0.3 is 4.90 Å². The molecule has 3 heteroatoms. The van der Waals surface area contributed by atoms with Gasteiger partial charge in [-0.2, -0.15) is 0 Å². The Hall–Kier alpha value is -1.09. The molecular weight excluding hydrogens is 288 g/mol. The third-order valence-electron chi connectivity index (χ3n) is 3.69. The fourth-order valence-corrected chi connectivity index (χ4v) is 3.27. The Morgan fingerprint density at radius 1 is 1.28 bits per heavy atom. The lowest BCUT2D eigenvalue weighted by atomic mass is 10.00. The first-order chi connectivity index (χ1) is 8.88. The Bertz CT molecular complexity index is 536. The van der Waals surface area contributed by atoms with E-state index in [2.05, 4.69) is 56.1 Å². The molecule has 0 aliphatic carbocycles. The normalized spacial score (nSPS) is 20.3. The zero-order valence-electron chi connectivity index (χ0n) is 10.3. The molecule has 0 radical (unpaired) electrons. The minimum atomic E-state index is 0.750. The molecule has 94 valence electrons. The van der Waals surface area contributed by atoms with Crippen LogP contribution in [-0.2, 0) is 0 Å². The number of nitrogens with zero attached hydrogens (tertiary/aromatic N) is 2. The molecule has 1 unspecified atom stereocenters. The Balaban J connectivity index is 1.98. The van der Waals surface area contributed by atoms with Crippen molar-refractivity contribution in [3.05, 3.63) is 36.5 Å². The van der Waals surface area contributed by atoms with Crippen molar-refractivity contribution in [1.29, 1.82) is 0 Å². The van der Waals surface area contributed by atoms with Gasteiger partial charge in [0.1, 0.15) is 5.82 Å². The zero-order valence-corrected chi connectivity index (χ0v) is 11.9. The summed E-state index contributed by atoms with van der Waals surface area (Å²) in [5.41, 5.74) is 0. The van der Waals surface area contributed by atoms with Crippen molar-refractivity contribution in [3.8, 4) is 0 Å². The molecule has 3 rings (SSSR count). The largest absolute Gasteiger partial charge is 0.356 e. The topological polar surface area (TPSA) is 16.1 Å². The van der Waals surface area contributed by atoms with Gasteiger partial charge in [-0.15, -0.1) is 0 Å². The van der Waals surface area contributed by atoms with E-state index < -0.39 is 0 Å². The average Bonchev–Trinajstić information content (AvgIpc) is 2.47. The lowest BCUT2D eigenvalue weighted by Gasteiger charge is -2.33. The number of hydrogen-bond acceptors (Lipinski definition) is 2. The molecule has 0 bridgehead atoms. The second-order valence-corrected chi connectivity index (χ2v) is 5.61. The molecule has 1 saturated heterocycles. The van der Waals surface area contributed by atoms with E-state index in [1.54, 1.807) is 0 Å². The van der Waals surface area contributed by atoms with Gasteiger partial charge in [-0.05, 0) is 30.2 Å². The van der Waals surface area contributed by atoms with Crippen LogP contribution in [0.25, 0.3) is 10.8 Å². The van der Waals surface area contributed by atoms with Gasteiger partial charge in [0.15, 0.2) is 0 Å². The predicted molar refractivity (Wildman–Crippen MR) is 80.5 cm³/mol. The summed E-state index contributed by atoms with van der Waals surface area (Å²) in [5, 5.41) is 3.65. The maximum atomic E-state index is 4.61. The van der Waals surface area contributed by atoms with Gasteiger partial charge in [0.25, 0.3) is 0 Å². The van der Waals surface area contributed by atoms with Crippen LogP contribution in [0.1, 0.15) is 12.8 Å². The van der Waals surface area contributed by atoms with Gasteiger partial charge in [0.05, 0.1) is 0 Å².